The number of aromatic nitrogens is 1. The summed E-state index contributed by atoms with van der Waals surface area (Å²) in [6.45, 7) is 0. The molecule has 7 aromatic carbocycles. The molecule has 0 saturated heterocycles. The van der Waals surface area contributed by atoms with Crippen molar-refractivity contribution in [3.63, 3.8) is 0 Å². The van der Waals surface area contributed by atoms with Crippen LogP contribution in [0.5, 0.6) is 0 Å². The zero-order chi connectivity index (χ0) is 30.5. The van der Waals surface area contributed by atoms with E-state index in [9.17, 15) is 0 Å². The molecule has 9 aromatic rings. The lowest BCUT2D eigenvalue weighted by Crippen LogP contribution is -2.10. The maximum Gasteiger partial charge on any atom is 0.161 e. The molecule has 216 valence electrons. The van der Waals surface area contributed by atoms with Crippen molar-refractivity contribution in [2.45, 2.75) is 0 Å². The Balaban J connectivity index is 1.20. The molecule has 2 aromatic heterocycles. The van der Waals surface area contributed by atoms with Crippen LogP contribution in [-0.2, 0) is 0 Å². The smallest absolute Gasteiger partial charge is 0.161 e. The third-order valence-electron chi connectivity index (χ3n) is 8.83. The topological polar surface area (TPSA) is 29.3 Å². The maximum absolute atomic E-state index is 6.64. The van der Waals surface area contributed by atoms with Crippen LogP contribution in [0, 0.1) is 0 Å². The predicted molar refractivity (Wildman–Crippen MR) is 192 cm³/mol. The van der Waals surface area contributed by atoms with Crippen LogP contribution >= 0.6 is 0 Å². The number of hydrogen-bond acceptors (Lipinski definition) is 3. The highest BCUT2D eigenvalue weighted by atomic mass is 16.3. The molecule has 0 fully saturated rings. The fraction of sp³-hybridized carbons (Fsp3) is 0. The van der Waals surface area contributed by atoms with Gasteiger partial charge in [-0.05, 0) is 87.6 Å². The van der Waals surface area contributed by atoms with E-state index in [0.717, 1.165) is 50.0 Å². The first-order chi connectivity index (χ1) is 22.8. The van der Waals surface area contributed by atoms with E-state index in [1.54, 1.807) is 0 Å². The maximum atomic E-state index is 6.64. The second-order valence-electron chi connectivity index (χ2n) is 11.6. The van der Waals surface area contributed by atoms with Gasteiger partial charge >= 0.3 is 0 Å². The van der Waals surface area contributed by atoms with Gasteiger partial charge in [-0.1, -0.05) is 115 Å². The molecule has 3 nitrogen and oxygen atoms in total. The van der Waals surface area contributed by atoms with Gasteiger partial charge in [0.05, 0.1) is 11.2 Å². The Hall–Kier alpha value is -6.19. The largest absolute Gasteiger partial charge is 0.452 e. The Morgan fingerprint density at radius 3 is 1.80 bits per heavy atom. The van der Waals surface area contributed by atoms with E-state index >= 15 is 0 Å². The summed E-state index contributed by atoms with van der Waals surface area (Å²) in [5, 5.41) is 4.54. The SMILES string of the molecule is c1ccc(-c2ccc(N(c3ccc(-c4ccc5ccccc5c4)cc3)c3cccc4c3oc3cc5ccccc5nc34)cc2)cc1. The van der Waals surface area contributed by atoms with Gasteiger partial charge in [-0.25, -0.2) is 4.98 Å². The number of benzene rings is 7. The van der Waals surface area contributed by atoms with E-state index < -0.39 is 0 Å². The fourth-order valence-corrected chi connectivity index (χ4v) is 6.50. The lowest BCUT2D eigenvalue weighted by molar-refractivity contribution is 0.669. The summed E-state index contributed by atoms with van der Waals surface area (Å²) in [6, 6.07) is 59.8. The molecule has 3 heteroatoms. The van der Waals surface area contributed by atoms with Gasteiger partial charge in [-0.15, -0.1) is 0 Å². The number of hydrogen-bond donors (Lipinski definition) is 0. The Kier molecular flexibility index (Phi) is 6.14. The molecule has 46 heavy (non-hydrogen) atoms. The molecule has 0 bridgehead atoms. The quantitative estimate of drug-likeness (QED) is 0.200. The lowest BCUT2D eigenvalue weighted by atomic mass is 10.0. The predicted octanol–water partition coefficient (Wildman–Crippen LogP) is 12.1. The van der Waals surface area contributed by atoms with Crippen LogP contribution in [0.2, 0.25) is 0 Å². The molecule has 0 aliphatic rings. The lowest BCUT2D eigenvalue weighted by Gasteiger charge is -2.26. The normalized spacial score (nSPS) is 11.5. The minimum Gasteiger partial charge on any atom is -0.452 e. The van der Waals surface area contributed by atoms with Gasteiger partial charge in [0, 0.05) is 22.1 Å². The highest BCUT2D eigenvalue weighted by molar-refractivity contribution is 6.10. The zero-order valence-corrected chi connectivity index (χ0v) is 25.0. The number of anilines is 3. The number of pyridine rings is 1. The Labute approximate surface area is 266 Å². The standard InChI is InChI=1S/C43H28N2O/c1-2-9-29(10-3-1)31-19-23-36(24-20-31)45(37-25-21-32(22-26-37)34-18-17-30-11-4-5-12-33(30)27-34)40-16-8-14-38-42-41(46-43(38)40)28-35-13-6-7-15-39(35)44-42/h1-28H. The number of nitrogens with zero attached hydrogens (tertiary/aromatic N) is 2. The number of para-hydroxylation sites is 2. The molecule has 0 N–H and O–H groups in total. The van der Waals surface area contributed by atoms with Crippen molar-refractivity contribution in [1.82, 2.24) is 4.98 Å². The third kappa shape index (κ3) is 4.49. The third-order valence-corrected chi connectivity index (χ3v) is 8.83. The second-order valence-corrected chi connectivity index (χ2v) is 11.6. The minimum absolute atomic E-state index is 0.784. The first-order valence-corrected chi connectivity index (χ1v) is 15.5. The highest BCUT2D eigenvalue weighted by Crippen LogP contribution is 2.43. The van der Waals surface area contributed by atoms with Gasteiger partial charge in [0.25, 0.3) is 0 Å². The summed E-state index contributed by atoms with van der Waals surface area (Å²) < 4.78 is 6.64. The van der Waals surface area contributed by atoms with Crippen LogP contribution in [0.3, 0.4) is 0 Å². The van der Waals surface area contributed by atoms with Crippen LogP contribution in [0.15, 0.2) is 174 Å². The molecule has 0 radical (unpaired) electrons. The first-order valence-electron chi connectivity index (χ1n) is 15.5. The summed E-state index contributed by atoms with van der Waals surface area (Å²) >= 11 is 0. The monoisotopic (exact) mass is 588 g/mol. The van der Waals surface area contributed by atoms with Gasteiger partial charge in [0.2, 0.25) is 0 Å². The molecule has 9 rings (SSSR count). The minimum atomic E-state index is 0.784. The van der Waals surface area contributed by atoms with Crippen molar-refractivity contribution in [2.24, 2.45) is 0 Å². The van der Waals surface area contributed by atoms with Crippen molar-refractivity contribution in [2.75, 3.05) is 4.90 Å². The Morgan fingerprint density at radius 2 is 1.04 bits per heavy atom. The number of rotatable bonds is 5. The molecule has 0 atom stereocenters. The van der Waals surface area contributed by atoms with Gasteiger partial charge in [-0.3, -0.25) is 0 Å². The average molecular weight is 589 g/mol. The molecule has 0 amide bonds. The molecule has 0 spiro atoms. The second kappa shape index (κ2) is 10.8. The van der Waals surface area contributed by atoms with Gasteiger partial charge in [-0.2, -0.15) is 0 Å². The van der Waals surface area contributed by atoms with Crippen molar-refractivity contribution >= 4 is 60.8 Å². The molecular formula is C43H28N2O. The van der Waals surface area contributed by atoms with Crippen molar-refractivity contribution in [3.8, 4) is 22.3 Å². The van der Waals surface area contributed by atoms with Gasteiger partial charge in [0.15, 0.2) is 11.2 Å². The Morgan fingerprint density at radius 1 is 0.435 bits per heavy atom. The highest BCUT2D eigenvalue weighted by Gasteiger charge is 2.20. The molecule has 0 unspecified atom stereocenters. The molecule has 0 aliphatic carbocycles. The van der Waals surface area contributed by atoms with Crippen LogP contribution in [-0.4, -0.2) is 4.98 Å². The summed E-state index contributed by atoms with van der Waals surface area (Å²) in [6.07, 6.45) is 0. The fourth-order valence-electron chi connectivity index (χ4n) is 6.50. The van der Waals surface area contributed by atoms with Crippen molar-refractivity contribution < 1.29 is 4.42 Å². The van der Waals surface area contributed by atoms with Gasteiger partial charge in [0.1, 0.15) is 5.52 Å². The van der Waals surface area contributed by atoms with Gasteiger partial charge < -0.3 is 9.32 Å². The summed E-state index contributed by atoms with van der Waals surface area (Å²) in [4.78, 5) is 7.29. The summed E-state index contributed by atoms with van der Waals surface area (Å²) in [5.41, 5.74) is 11.2. The van der Waals surface area contributed by atoms with Crippen LogP contribution in [0.4, 0.5) is 17.1 Å². The van der Waals surface area contributed by atoms with Crippen LogP contribution < -0.4 is 4.90 Å². The van der Waals surface area contributed by atoms with E-state index in [0.29, 0.717) is 0 Å². The molecular weight excluding hydrogens is 560 g/mol. The van der Waals surface area contributed by atoms with E-state index in [1.807, 2.05) is 18.2 Å². The molecule has 0 aliphatic heterocycles. The van der Waals surface area contributed by atoms with E-state index in [4.69, 9.17) is 9.40 Å². The Bertz CT molecular complexity index is 2510. The number of fused-ring (bicyclic) bond motifs is 5. The van der Waals surface area contributed by atoms with Crippen molar-refractivity contribution in [3.05, 3.63) is 170 Å². The summed E-state index contributed by atoms with van der Waals surface area (Å²) in [5.74, 6) is 0. The van der Waals surface area contributed by atoms with E-state index in [2.05, 4.69) is 157 Å². The average Bonchev–Trinajstić information content (AvgIpc) is 3.49. The van der Waals surface area contributed by atoms with Crippen molar-refractivity contribution in [1.29, 1.82) is 0 Å². The summed E-state index contributed by atoms with van der Waals surface area (Å²) in [7, 11) is 0. The van der Waals surface area contributed by atoms with E-state index in [1.165, 1.54) is 33.0 Å². The molecule has 0 saturated carbocycles. The number of furan rings is 1. The zero-order valence-electron chi connectivity index (χ0n) is 25.0. The van der Waals surface area contributed by atoms with E-state index in [-0.39, 0.29) is 0 Å². The van der Waals surface area contributed by atoms with Crippen LogP contribution in [0.25, 0.3) is 66.0 Å². The van der Waals surface area contributed by atoms with Crippen LogP contribution in [0.1, 0.15) is 0 Å². The molecule has 2 heterocycles. The first kappa shape index (κ1) is 26.2.